The van der Waals surface area contributed by atoms with E-state index in [2.05, 4.69) is 20.9 Å². The maximum Gasteiger partial charge on any atom is 0.224 e. The van der Waals surface area contributed by atoms with Crippen LogP contribution in [0.5, 0.6) is 0 Å². The summed E-state index contributed by atoms with van der Waals surface area (Å²) in [6.45, 7) is 5.18. The third-order valence-electron chi connectivity index (χ3n) is 4.09. The predicted octanol–water partition coefficient (Wildman–Crippen LogP) is 3.87. The number of amides is 1. The highest BCUT2D eigenvalue weighted by Crippen LogP contribution is 2.26. The summed E-state index contributed by atoms with van der Waals surface area (Å²) in [6.07, 6.45) is 0.420. The van der Waals surface area contributed by atoms with Crippen molar-refractivity contribution in [3.8, 4) is 5.69 Å². The summed E-state index contributed by atoms with van der Waals surface area (Å²) < 4.78 is 1.60. The van der Waals surface area contributed by atoms with E-state index in [1.165, 1.54) is 6.92 Å². The number of para-hydroxylation sites is 1. The molecule has 1 aromatic heterocycles. The number of nitrogens with one attached hydrogen (secondary N) is 2. The zero-order valence-corrected chi connectivity index (χ0v) is 15.5. The molecule has 3 aromatic rings. The third kappa shape index (κ3) is 4.03. The highest BCUT2D eigenvalue weighted by molar-refractivity contribution is 5.97. The van der Waals surface area contributed by atoms with Crippen LogP contribution in [0.2, 0.25) is 0 Å². The first-order valence-electron chi connectivity index (χ1n) is 8.69. The van der Waals surface area contributed by atoms with Gasteiger partial charge < -0.3 is 10.6 Å². The smallest absolute Gasteiger partial charge is 0.224 e. The lowest BCUT2D eigenvalue weighted by atomic mass is 10.1. The van der Waals surface area contributed by atoms with Crippen molar-refractivity contribution in [1.29, 1.82) is 0 Å². The maximum absolute atomic E-state index is 12.0. The summed E-state index contributed by atoms with van der Waals surface area (Å²) >= 11 is 0. The summed E-state index contributed by atoms with van der Waals surface area (Å²) in [7, 11) is 0. The molecular formula is C20H21N5O2. The van der Waals surface area contributed by atoms with Gasteiger partial charge in [-0.05, 0) is 42.8 Å². The summed E-state index contributed by atoms with van der Waals surface area (Å²) in [5.41, 5.74) is 3.49. The van der Waals surface area contributed by atoms with Crippen LogP contribution in [-0.2, 0) is 4.79 Å². The molecule has 2 aromatic carbocycles. The van der Waals surface area contributed by atoms with Gasteiger partial charge in [0.05, 0.1) is 5.69 Å². The normalized spacial score (nSPS) is 10.5. The van der Waals surface area contributed by atoms with Crippen molar-refractivity contribution in [3.05, 3.63) is 59.8 Å². The summed E-state index contributed by atoms with van der Waals surface area (Å²) in [5, 5.41) is 14.2. The third-order valence-corrected chi connectivity index (χ3v) is 4.09. The average Bonchev–Trinajstić information content (AvgIpc) is 3.08. The molecule has 0 fully saturated rings. The molecule has 7 nitrogen and oxygen atoms in total. The topological polar surface area (TPSA) is 88.9 Å². The van der Waals surface area contributed by atoms with E-state index in [9.17, 15) is 9.59 Å². The number of anilines is 3. The number of carbonyl (C=O) groups excluding carboxylic acids is 2. The van der Waals surface area contributed by atoms with Crippen molar-refractivity contribution in [3.63, 3.8) is 0 Å². The van der Waals surface area contributed by atoms with Gasteiger partial charge in [0, 0.05) is 24.7 Å². The van der Waals surface area contributed by atoms with Gasteiger partial charge in [-0.2, -0.15) is 4.68 Å². The van der Waals surface area contributed by atoms with Crippen molar-refractivity contribution in [2.45, 2.75) is 27.2 Å². The molecule has 1 heterocycles. The molecule has 1 amide bonds. The molecule has 2 N–H and O–H groups in total. The van der Waals surface area contributed by atoms with Gasteiger partial charge in [-0.3, -0.25) is 9.59 Å². The Kier molecular flexibility index (Phi) is 5.30. The quantitative estimate of drug-likeness (QED) is 0.649. The van der Waals surface area contributed by atoms with E-state index in [1.54, 1.807) is 4.68 Å². The Balaban J connectivity index is 1.95. The minimum absolute atomic E-state index is 0.0379. The number of nitrogens with zero attached hydrogens (tertiary/aromatic N) is 3. The number of aromatic nitrogens is 3. The molecule has 0 bridgehead atoms. The molecule has 0 aliphatic heterocycles. The van der Waals surface area contributed by atoms with Gasteiger partial charge in [0.2, 0.25) is 5.91 Å². The van der Waals surface area contributed by atoms with Crippen molar-refractivity contribution in [1.82, 2.24) is 15.0 Å². The van der Waals surface area contributed by atoms with Crippen LogP contribution in [0, 0.1) is 6.92 Å². The zero-order chi connectivity index (χ0) is 19.4. The van der Waals surface area contributed by atoms with Gasteiger partial charge in [-0.25, -0.2) is 0 Å². The Morgan fingerprint density at radius 1 is 1.11 bits per heavy atom. The van der Waals surface area contributed by atoms with Gasteiger partial charge in [-0.1, -0.05) is 30.3 Å². The lowest BCUT2D eigenvalue weighted by Gasteiger charge is -2.13. The van der Waals surface area contributed by atoms with Crippen molar-refractivity contribution in [2.24, 2.45) is 0 Å². The highest BCUT2D eigenvalue weighted by Gasteiger charge is 2.18. The number of hydrogen-bond acceptors (Lipinski definition) is 5. The Hall–Kier alpha value is -3.48. The lowest BCUT2D eigenvalue weighted by Crippen LogP contribution is -2.11. The number of rotatable bonds is 6. The van der Waals surface area contributed by atoms with E-state index in [0.29, 0.717) is 12.2 Å². The van der Waals surface area contributed by atoms with Gasteiger partial charge in [0.15, 0.2) is 17.3 Å². The molecule has 138 valence electrons. The minimum atomic E-state index is -0.178. The van der Waals surface area contributed by atoms with Gasteiger partial charge in [0.1, 0.15) is 0 Å². The van der Waals surface area contributed by atoms with E-state index in [-0.39, 0.29) is 17.4 Å². The SMILES string of the molecule is CCC(=O)Nc1ccc(Nc2c(C(C)=O)nnn2-c2ccccc2)cc1C. The largest absolute Gasteiger partial charge is 0.338 e. The van der Waals surface area contributed by atoms with Crippen LogP contribution in [0.4, 0.5) is 17.2 Å². The van der Waals surface area contributed by atoms with Crippen molar-refractivity contribution < 1.29 is 9.59 Å². The molecule has 27 heavy (non-hydrogen) atoms. The fraction of sp³-hybridized carbons (Fsp3) is 0.200. The fourth-order valence-corrected chi connectivity index (χ4v) is 2.64. The molecule has 0 aliphatic rings. The minimum Gasteiger partial charge on any atom is -0.338 e. The summed E-state index contributed by atoms with van der Waals surface area (Å²) in [6, 6.07) is 15.0. The standard InChI is InChI=1S/C20H21N5O2/c1-4-18(27)22-17-11-10-15(12-13(17)2)21-20-19(14(3)26)23-24-25(20)16-8-6-5-7-9-16/h5-12,21H,4H2,1-3H3,(H,22,27). The second kappa shape index (κ2) is 7.82. The molecule has 0 spiro atoms. The van der Waals surface area contributed by atoms with Crippen molar-refractivity contribution >= 4 is 28.9 Å². The number of carbonyl (C=O) groups is 2. The Morgan fingerprint density at radius 2 is 1.85 bits per heavy atom. The Labute approximate surface area is 157 Å². The molecule has 0 saturated carbocycles. The van der Waals surface area contributed by atoms with E-state index in [1.807, 2.05) is 62.4 Å². The monoisotopic (exact) mass is 363 g/mol. The Morgan fingerprint density at radius 3 is 2.48 bits per heavy atom. The van der Waals surface area contributed by atoms with Gasteiger partial charge >= 0.3 is 0 Å². The molecule has 7 heteroatoms. The molecular weight excluding hydrogens is 342 g/mol. The van der Waals surface area contributed by atoms with E-state index >= 15 is 0 Å². The Bertz CT molecular complexity index is 979. The first-order valence-corrected chi connectivity index (χ1v) is 8.69. The number of ketones is 1. The van der Waals surface area contributed by atoms with E-state index < -0.39 is 0 Å². The number of benzene rings is 2. The summed E-state index contributed by atoms with van der Waals surface area (Å²) in [5.74, 6) is 0.283. The maximum atomic E-state index is 12.0. The molecule has 0 atom stereocenters. The molecule has 0 aliphatic carbocycles. The van der Waals surface area contributed by atoms with Crippen LogP contribution in [0.1, 0.15) is 36.3 Å². The summed E-state index contributed by atoms with van der Waals surface area (Å²) in [4.78, 5) is 23.6. The molecule has 0 radical (unpaired) electrons. The second-order valence-corrected chi connectivity index (χ2v) is 6.15. The lowest BCUT2D eigenvalue weighted by molar-refractivity contribution is -0.115. The fourth-order valence-electron chi connectivity index (χ4n) is 2.64. The van der Waals surface area contributed by atoms with Gasteiger partial charge in [0.25, 0.3) is 0 Å². The first kappa shape index (κ1) is 18.3. The van der Waals surface area contributed by atoms with Crippen LogP contribution in [0.25, 0.3) is 5.69 Å². The molecule has 0 unspecified atom stereocenters. The van der Waals surface area contributed by atoms with Crippen LogP contribution in [0.15, 0.2) is 48.5 Å². The number of aryl methyl sites for hydroxylation is 1. The van der Waals surface area contributed by atoms with Crippen LogP contribution in [0.3, 0.4) is 0 Å². The zero-order valence-electron chi connectivity index (χ0n) is 15.5. The number of hydrogen-bond donors (Lipinski definition) is 2. The van der Waals surface area contributed by atoms with Crippen LogP contribution >= 0.6 is 0 Å². The van der Waals surface area contributed by atoms with Gasteiger partial charge in [-0.15, -0.1) is 5.10 Å². The first-order chi connectivity index (χ1) is 13.0. The second-order valence-electron chi connectivity index (χ2n) is 6.15. The molecule has 3 rings (SSSR count). The van der Waals surface area contributed by atoms with Crippen LogP contribution in [-0.4, -0.2) is 26.7 Å². The molecule has 0 saturated heterocycles. The van der Waals surface area contributed by atoms with E-state index in [0.717, 1.165) is 22.6 Å². The van der Waals surface area contributed by atoms with Crippen LogP contribution < -0.4 is 10.6 Å². The number of Topliss-reactive ketones (excluding diaryl/α,β-unsaturated/α-hetero) is 1. The van der Waals surface area contributed by atoms with Crippen molar-refractivity contribution in [2.75, 3.05) is 10.6 Å². The highest BCUT2D eigenvalue weighted by atomic mass is 16.1. The van der Waals surface area contributed by atoms with E-state index in [4.69, 9.17) is 0 Å². The predicted molar refractivity (Wildman–Crippen MR) is 105 cm³/mol. The average molecular weight is 363 g/mol.